The van der Waals surface area contributed by atoms with Crippen LogP contribution in [-0.2, 0) is 4.79 Å². The third-order valence-electron chi connectivity index (χ3n) is 4.59. The van der Waals surface area contributed by atoms with Gasteiger partial charge in [0.15, 0.2) is 0 Å². The number of nitrogens with zero attached hydrogens (tertiary/aromatic N) is 2. The summed E-state index contributed by atoms with van der Waals surface area (Å²) in [5.74, 6) is -0.417. The van der Waals surface area contributed by atoms with Crippen molar-refractivity contribution < 1.29 is 14.5 Å². The molecule has 2 amide bonds. The van der Waals surface area contributed by atoms with E-state index in [0.717, 1.165) is 13.0 Å². The summed E-state index contributed by atoms with van der Waals surface area (Å²) in [6, 6.07) is 3.97. The summed E-state index contributed by atoms with van der Waals surface area (Å²) >= 11 is 0. The average molecular weight is 362 g/mol. The van der Waals surface area contributed by atoms with E-state index in [1.54, 1.807) is 11.8 Å². The van der Waals surface area contributed by atoms with E-state index >= 15 is 0 Å². The molecule has 2 rings (SSSR count). The second-order valence-corrected chi connectivity index (χ2v) is 6.62. The van der Waals surface area contributed by atoms with Crippen molar-refractivity contribution >= 4 is 17.5 Å². The number of hydrogen-bond acceptors (Lipinski definition) is 5. The lowest BCUT2D eigenvalue weighted by Gasteiger charge is -2.25. The predicted octanol–water partition coefficient (Wildman–Crippen LogP) is 1.62. The molecule has 1 aliphatic rings. The highest BCUT2D eigenvalue weighted by Gasteiger charge is 2.34. The lowest BCUT2D eigenvalue weighted by molar-refractivity contribution is -0.385. The fraction of sp³-hybridized carbons (Fsp3) is 0.556. The molecule has 0 radical (unpaired) electrons. The first kappa shape index (κ1) is 19.8. The standard InChI is InChI=1S/C18H26N4O4/c1-4-19-13(3)11-20-17(23)16-6-5-9-21(16)18(24)14-7-8-15(22(25)26)12(2)10-14/h7-8,10,13,16,19H,4-6,9,11H2,1-3H3,(H,20,23)/t13-,16?/m1/s1. The highest BCUT2D eigenvalue weighted by Crippen LogP contribution is 2.24. The number of aryl methyl sites for hydroxylation is 1. The molecule has 1 fully saturated rings. The van der Waals surface area contributed by atoms with Gasteiger partial charge in [0.1, 0.15) is 6.04 Å². The number of carbonyl (C=O) groups is 2. The largest absolute Gasteiger partial charge is 0.353 e. The zero-order valence-corrected chi connectivity index (χ0v) is 15.4. The molecule has 1 saturated heterocycles. The highest BCUT2D eigenvalue weighted by molar-refractivity contribution is 5.98. The minimum atomic E-state index is -0.494. The lowest BCUT2D eigenvalue weighted by atomic mass is 10.1. The fourth-order valence-corrected chi connectivity index (χ4v) is 3.23. The number of rotatable bonds is 7. The molecule has 2 atom stereocenters. The number of hydrogen-bond donors (Lipinski definition) is 2. The molecule has 26 heavy (non-hydrogen) atoms. The summed E-state index contributed by atoms with van der Waals surface area (Å²) in [5.41, 5.74) is 0.781. The summed E-state index contributed by atoms with van der Waals surface area (Å²) in [4.78, 5) is 37.3. The van der Waals surface area contributed by atoms with Crippen LogP contribution in [0, 0.1) is 17.0 Å². The van der Waals surface area contributed by atoms with Gasteiger partial charge in [-0.2, -0.15) is 0 Å². The molecule has 0 aliphatic carbocycles. The SMILES string of the molecule is CCN[C@H](C)CNC(=O)C1CCCN1C(=O)c1ccc([N+](=O)[O-])c(C)c1. The van der Waals surface area contributed by atoms with Crippen molar-refractivity contribution in [1.82, 2.24) is 15.5 Å². The van der Waals surface area contributed by atoms with E-state index in [0.29, 0.717) is 30.6 Å². The average Bonchev–Trinajstić information content (AvgIpc) is 3.08. The first-order valence-corrected chi connectivity index (χ1v) is 8.92. The molecule has 0 spiro atoms. The summed E-state index contributed by atoms with van der Waals surface area (Å²) in [6.45, 7) is 7.43. The van der Waals surface area contributed by atoms with Gasteiger partial charge >= 0.3 is 0 Å². The summed E-state index contributed by atoms with van der Waals surface area (Å²) in [5, 5.41) is 17.0. The van der Waals surface area contributed by atoms with E-state index in [-0.39, 0.29) is 23.5 Å². The smallest absolute Gasteiger partial charge is 0.272 e. The second kappa shape index (κ2) is 8.75. The molecule has 1 unspecified atom stereocenters. The Hall–Kier alpha value is -2.48. The van der Waals surface area contributed by atoms with E-state index in [4.69, 9.17) is 0 Å². The van der Waals surface area contributed by atoms with Crippen LogP contribution in [0.5, 0.6) is 0 Å². The van der Waals surface area contributed by atoms with E-state index < -0.39 is 11.0 Å². The van der Waals surface area contributed by atoms with Crippen LogP contribution in [0.3, 0.4) is 0 Å². The molecule has 1 aromatic rings. The quantitative estimate of drug-likeness (QED) is 0.566. The molecular weight excluding hydrogens is 336 g/mol. The third-order valence-corrected chi connectivity index (χ3v) is 4.59. The Morgan fingerprint density at radius 1 is 1.42 bits per heavy atom. The molecule has 8 heteroatoms. The molecule has 1 aliphatic heterocycles. The van der Waals surface area contributed by atoms with Crippen molar-refractivity contribution in [3.8, 4) is 0 Å². The van der Waals surface area contributed by atoms with Gasteiger partial charge in [0, 0.05) is 36.3 Å². The van der Waals surface area contributed by atoms with Gasteiger partial charge in [-0.1, -0.05) is 6.92 Å². The minimum absolute atomic E-state index is 0.0188. The molecule has 0 bridgehead atoms. The van der Waals surface area contributed by atoms with Crippen LogP contribution in [0.25, 0.3) is 0 Å². The fourth-order valence-electron chi connectivity index (χ4n) is 3.23. The number of benzene rings is 1. The number of amides is 2. The molecule has 1 aromatic carbocycles. The molecule has 0 saturated carbocycles. The van der Waals surface area contributed by atoms with Crippen molar-refractivity contribution in [2.75, 3.05) is 19.6 Å². The van der Waals surface area contributed by atoms with Crippen molar-refractivity contribution in [2.45, 2.75) is 45.7 Å². The number of nitrogens with one attached hydrogen (secondary N) is 2. The second-order valence-electron chi connectivity index (χ2n) is 6.62. The van der Waals surface area contributed by atoms with E-state index in [2.05, 4.69) is 10.6 Å². The van der Waals surface area contributed by atoms with Crippen LogP contribution in [0.1, 0.15) is 42.6 Å². The highest BCUT2D eigenvalue weighted by atomic mass is 16.6. The Balaban J connectivity index is 2.07. The van der Waals surface area contributed by atoms with E-state index in [1.165, 1.54) is 18.2 Å². The number of likely N-dealkylation sites (N-methyl/N-ethyl adjacent to an activating group) is 1. The van der Waals surface area contributed by atoms with Gasteiger partial charge in [0.2, 0.25) is 5.91 Å². The van der Waals surface area contributed by atoms with Gasteiger partial charge in [-0.05, 0) is 45.4 Å². The van der Waals surface area contributed by atoms with Crippen molar-refractivity contribution in [2.24, 2.45) is 0 Å². The zero-order valence-electron chi connectivity index (χ0n) is 15.4. The molecule has 1 heterocycles. The Morgan fingerprint density at radius 2 is 2.15 bits per heavy atom. The van der Waals surface area contributed by atoms with Crippen molar-refractivity contribution in [1.29, 1.82) is 0 Å². The molecule has 0 aromatic heterocycles. The summed E-state index contributed by atoms with van der Waals surface area (Å²) in [6.07, 6.45) is 1.39. The van der Waals surface area contributed by atoms with Crippen LogP contribution in [0.4, 0.5) is 5.69 Å². The van der Waals surface area contributed by atoms with Gasteiger partial charge in [-0.15, -0.1) is 0 Å². The van der Waals surface area contributed by atoms with Gasteiger partial charge in [0.25, 0.3) is 11.6 Å². The Morgan fingerprint density at radius 3 is 2.77 bits per heavy atom. The number of likely N-dealkylation sites (tertiary alicyclic amines) is 1. The maximum Gasteiger partial charge on any atom is 0.272 e. The number of nitro groups is 1. The van der Waals surface area contributed by atoms with Crippen LogP contribution >= 0.6 is 0 Å². The molecule has 8 nitrogen and oxygen atoms in total. The Kier molecular flexibility index (Phi) is 6.68. The maximum absolute atomic E-state index is 12.8. The maximum atomic E-state index is 12.8. The van der Waals surface area contributed by atoms with Gasteiger partial charge in [-0.25, -0.2) is 0 Å². The van der Waals surface area contributed by atoms with E-state index in [9.17, 15) is 19.7 Å². The summed E-state index contributed by atoms with van der Waals surface area (Å²) in [7, 11) is 0. The van der Waals surface area contributed by atoms with Gasteiger partial charge in [-0.3, -0.25) is 19.7 Å². The molecule has 2 N–H and O–H groups in total. The normalized spacial score (nSPS) is 17.8. The van der Waals surface area contributed by atoms with Crippen LogP contribution < -0.4 is 10.6 Å². The molecule has 142 valence electrons. The van der Waals surface area contributed by atoms with Crippen molar-refractivity contribution in [3.05, 3.63) is 39.4 Å². The first-order chi connectivity index (χ1) is 12.3. The van der Waals surface area contributed by atoms with Crippen LogP contribution in [0.2, 0.25) is 0 Å². The predicted molar refractivity (Wildman–Crippen MR) is 98.0 cm³/mol. The zero-order chi connectivity index (χ0) is 19.3. The van der Waals surface area contributed by atoms with Gasteiger partial charge < -0.3 is 15.5 Å². The number of carbonyl (C=O) groups excluding carboxylic acids is 2. The van der Waals surface area contributed by atoms with Crippen LogP contribution in [0.15, 0.2) is 18.2 Å². The first-order valence-electron chi connectivity index (χ1n) is 8.92. The monoisotopic (exact) mass is 362 g/mol. The third kappa shape index (κ3) is 4.57. The van der Waals surface area contributed by atoms with E-state index in [1.807, 2.05) is 13.8 Å². The Labute approximate surface area is 153 Å². The van der Waals surface area contributed by atoms with Gasteiger partial charge in [0.05, 0.1) is 4.92 Å². The number of nitro benzene ring substituents is 1. The molecular formula is C18H26N4O4. The van der Waals surface area contributed by atoms with Crippen molar-refractivity contribution in [3.63, 3.8) is 0 Å². The minimum Gasteiger partial charge on any atom is -0.353 e. The summed E-state index contributed by atoms with van der Waals surface area (Å²) < 4.78 is 0. The topological polar surface area (TPSA) is 105 Å². The Bertz CT molecular complexity index is 692. The van der Waals surface area contributed by atoms with Crippen LogP contribution in [-0.4, -0.2) is 53.4 Å². The lowest BCUT2D eigenvalue weighted by Crippen LogP contribution is -2.48.